The summed E-state index contributed by atoms with van der Waals surface area (Å²) in [7, 11) is 0. The fourth-order valence-electron chi connectivity index (χ4n) is 8.06. The number of aliphatic hydroxyl groups excluding tert-OH is 1. The molecule has 5 fully saturated rings. The number of phenolic OH excluding ortho intramolecular Hbond substituents is 1. The number of morpholine rings is 1. The maximum atomic E-state index is 16.7. The highest BCUT2D eigenvalue weighted by Crippen LogP contribution is 2.54. The quantitative estimate of drug-likeness (QED) is 0.267. The van der Waals surface area contributed by atoms with Crippen molar-refractivity contribution in [3.8, 4) is 22.9 Å². The van der Waals surface area contributed by atoms with Crippen LogP contribution in [0.5, 0.6) is 11.8 Å². The number of piperidine rings is 1. The van der Waals surface area contributed by atoms with Gasteiger partial charge >= 0.3 is 6.01 Å². The SMILES string of the molecule is Oc1cc(-c2c(F)cc3c(N4CC5NC56CC(O)C6C4)nc(OCC4(CN5CCOCC5)CC4)nc3c2F)c2ccccc2c1. The molecule has 4 atom stereocenters. The topological polar surface area (TPSA) is 113 Å². The van der Waals surface area contributed by atoms with Crippen molar-refractivity contribution in [3.05, 3.63) is 54.1 Å². The summed E-state index contributed by atoms with van der Waals surface area (Å²) in [5.74, 6) is -1.27. The Labute approximate surface area is 258 Å². The largest absolute Gasteiger partial charge is 0.508 e. The number of nitrogens with one attached hydrogen (secondary N) is 1. The molecule has 4 unspecified atom stereocenters. The van der Waals surface area contributed by atoms with Gasteiger partial charge in [0.2, 0.25) is 0 Å². The van der Waals surface area contributed by atoms with E-state index in [0.29, 0.717) is 36.3 Å². The molecule has 1 spiro atoms. The van der Waals surface area contributed by atoms with Crippen molar-refractivity contribution >= 4 is 27.5 Å². The van der Waals surface area contributed by atoms with Crippen molar-refractivity contribution in [2.24, 2.45) is 11.3 Å². The van der Waals surface area contributed by atoms with Gasteiger partial charge in [-0.2, -0.15) is 9.97 Å². The lowest BCUT2D eigenvalue weighted by atomic mass is 9.66. The lowest BCUT2D eigenvalue weighted by Crippen LogP contribution is -2.60. The highest BCUT2D eigenvalue weighted by Gasteiger charge is 2.70. The van der Waals surface area contributed by atoms with E-state index < -0.39 is 17.7 Å². The van der Waals surface area contributed by atoms with Crippen LogP contribution < -0.4 is 15.0 Å². The van der Waals surface area contributed by atoms with Crippen molar-refractivity contribution in [2.45, 2.75) is 36.9 Å². The number of anilines is 1. The van der Waals surface area contributed by atoms with Crippen molar-refractivity contribution in [1.82, 2.24) is 20.2 Å². The van der Waals surface area contributed by atoms with Crippen molar-refractivity contribution in [1.29, 1.82) is 0 Å². The lowest BCUT2D eigenvalue weighted by Gasteiger charge is -2.48. The zero-order valence-electron chi connectivity index (χ0n) is 24.8. The highest BCUT2D eigenvalue weighted by atomic mass is 19.1. The standard InChI is InChI=1S/C34H35F2N5O4/c35-25-13-23-30(29(36)28(25)22-12-20(42)11-19-3-1-2-4-21(19)22)37-32(45-18-33(5-6-33)17-40-7-9-44-10-8-40)38-31(23)41-15-24-26(43)14-34(24)27(16-41)39-34/h1-4,11-13,24,26-27,39,42-43H,5-10,14-18H2. The van der Waals surface area contributed by atoms with Gasteiger partial charge in [-0.3, -0.25) is 4.90 Å². The number of fused-ring (bicyclic) bond motifs is 2. The summed E-state index contributed by atoms with van der Waals surface area (Å²) < 4.78 is 44.6. The van der Waals surface area contributed by atoms with Crippen LogP contribution in [0.25, 0.3) is 32.8 Å². The van der Waals surface area contributed by atoms with E-state index in [4.69, 9.17) is 14.5 Å². The molecule has 3 saturated heterocycles. The van der Waals surface area contributed by atoms with Crippen molar-refractivity contribution in [3.63, 3.8) is 0 Å². The predicted molar refractivity (Wildman–Crippen MR) is 164 cm³/mol. The first-order valence-electron chi connectivity index (χ1n) is 15.9. The van der Waals surface area contributed by atoms with Crippen molar-refractivity contribution < 1.29 is 28.5 Å². The van der Waals surface area contributed by atoms with E-state index in [1.807, 2.05) is 11.0 Å². The molecule has 45 heavy (non-hydrogen) atoms. The van der Waals surface area contributed by atoms with Crippen molar-refractivity contribution in [2.75, 3.05) is 57.4 Å². The summed E-state index contributed by atoms with van der Waals surface area (Å²) in [5, 5.41) is 26.1. The molecule has 1 aromatic heterocycles. The van der Waals surface area contributed by atoms with Crippen LogP contribution in [0.4, 0.5) is 14.6 Å². The number of halogens is 2. The second-order valence-electron chi connectivity index (χ2n) is 13.7. The number of aromatic nitrogens is 2. The van der Waals surface area contributed by atoms with Crippen LogP contribution in [-0.4, -0.2) is 95.3 Å². The number of hydrogen-bond acceptors (Lipinski definition) is 9. The van der Waals surface area contributed by atoms with Gasteiger partial charge < -0.3 is 29.9 Å². The number of aliphatic hydroxyl groups is 1. The molecule has 234 valence electrons. The third-order valence-corrected chi connectivity index (χ3v) is 10.9. The molecule has 2 aliphatic carbocycles. The molecule has 3 N–H and O–H groups in total. The Morgan fingerprint density at radius 3 is 2.67 bits per heavy atom. The van der Waals surface area contributed by atoms with Gasteiger partial charge in [0.25, 0.3) is 0 Å². The predicted octanol–water partition coefficient (Wildman–Crippen LogP) is 3.84. The number of rotatable bonds is 7. The Hall–Kier alpha value is -3.64. The van der Waals surface area contributed by atoms with Crippen LogP contribution in [0.3, 0.4) is 0 Å². The summed E-state index contributed by atoms with van der Waals surface area (Å²) >= 11 is 0. The van der Waals surface area contributed by atoms with Gasteiger partial charge in [-0.15, -0.1) is 0 Å². The van der Waals surface area contributed by atoms with E-state index in [2.05, 4.69) is 15.2 Å². The summed E-state index contributed by atoms with van der Waals surface area (Å²) in [5.41, 5.74) is -0.0916. The summed E-state index contributed by atoms with van der Waals surface area (Å²) in [6.45, 7) is 5.65. The number of aromatic hydroxyl groups is 1. The van der Waals surface area contributed by atoms with Crippen LogP contribution in [0, 0.1) is 23.0 Å². The average Bonchev–Trinajstić information content (AvgIpc) is 3.96. The molecule has 9 nitrogen and oxygen atoms in total. The first-order chi connectivity index (χ1) is 21.8. The summed E-state index contributed by atoms with van der Waals surface area (Å²) in [6.07, 6.45) is 2.36. The molecule has 11 heteroatoms. The second kappa shape index (κ2) is 9.93. The Morgan fingerprint density at radius 1 is 1.04 bits per heavy atom. The van der Waals surface area contributed by atoms with E-state index in [-0.39, 0.29) is 56.7 Å². The fourth-order valence-corrected chi connectivity index (χ4v) is 8.06. The minimum Gasteiger partial charge on any atom is -0.508 e. The van der Waals surface area contributed by atoms with Crippen LogP contribution in [-0.2, 0) is 4.74 Å². The molecular formula is C34H35F2N5O4. The molecule has 0 amide bonds. The van der Waals surface area contributed by atoms with E-state index in [0.717, 1.165) is 52.1 Å². The van der Waals surface area contributed by atoms with Crippen LogP contribution in [0.2, 0.25) is 0 Å². The summed E-state index contributed by atoms with van der Waals surface area (Å²) in [6, 6.07) is 11.7. The van der Waals surface area contributed by atoms with Gasteiger partial charge in [0.05, 0.1) is 31.5 Å². The Bertz CT molecular complexity index is 1850. The molecule has 0 bridgehead atoms. The number of hydrogen-bond donors (Lipinski definition) is 3. The Morgan fingerprint density at radius 2 is 1.87 bits per heavy atom. The summed E-state index contributed by atoms with van der Waals surface area (Å²) in [4.78, 5) is 13.8. The second-order valence-corrected chi connectivity index (χ2v) is 13.7. The first-order valence-corrected chi connectivity index (χ1v) is 15.9. The minimum absolute atomic E-state index is 0.0124. The molecule has 0 radical (unpaired) electrons. The highest BCUT2D eigenvalue weighted by molar-refractivity contribution is 6.01. The number of ether oxygens (including phenoxy) is 2. The Kier molecular flexibility index (Phi) is 6.10. The molecule has 3 aromatic carbocycles. The number of nitrogens with zero attached hydrogens (tertiary/aromatic N) is 4. The normalized spacial score (nSPS) is 28.4. The van der Waals surface area contributed by atoms with E-state index in [1.165, 1.54) is 12.1 Å². The molecule has 2 saturated carbocycles. The molecule has 9 rings (SSSR count). The zero-order valence-corrected chi connectivity index (χ0v) is 24.8. The zero-order chi connectivity index (χ0) is 30.5. The molecule has 4 heterocycles. The maximum absolute atomic E-state index is 16.7. The molecule has 4 aromatic rings. The minimum atomic E-state index is -0.830. The smallest absolute Gasteiger partial charge is 0.319 e. The van der Waals surface area contributed by atoms with E-state index in [1.54, 1.807) is 24.3 Å². The monoisotopic (exact) mass is 615 g/mol. The molecule has 5 aliphatic rings. The molecular weight excluding hydrogens is 580 g/mol. The first kappa shape index (κ1) is 27.7. The van der Waals surface area contributed by atoms with Gasteiger partial charge in [-0.1, -0.05) is 24.3 Å². The van der Waals surface area contributed by atoms with Crippen LogP contribution in [0.1, 0.15) is 19.3 Å². The van der Waals surface area contributed by atoms with E-state index >= 15 is 8.78 Å². The number of phenols is 1. The fraction of sp³-hybridized carbons (Fsp3) is 0.471. The van der Waals surface area contributed by atoms with E-state index in [9.17, 15) is 10.2 Å². The van der Waals surface area contributed by atoms with Gasteiger partial charge in [-0.05, 0) is 53.8 Å². The maximum Gasteiger partial charge on any atom is 0.319 e. The third kappa shape index (κ3) is 4.46. The van der Waals surface area contributed by atoms with Crippen LogP contribution >= 0.6 is 0 Å². The van der Waals surface area contributed by atoms with Gasteiger partial charge in [0.1, 0.15) is 22.9 Å². The Balaban J connectivity index is 1.13. The van der Waals surface area contributed by atoms with Crippen LogP contribution in [0.15, 0.2) is 42.5 Å². The van der Waals surface area contributed by atoms with Gasteiger partial charge in [0, 0.05) is 61.0 Å². The average molecular weight is 616 g/mol. The van der Waals surface area contributed by atoms with Gasteiger partial charge in [0.15, 0.2) is 5.82 Å². The number of benzene rings is 3. The van der Waals surface area contributed by atoms with Gasteiger partial charge in [-0.25, -0.2) is 8.78 Å². The third-order valence-electron chi connectivity index (χ3n) is 10.9. The molecule has 3 aliphatic heterocycles. The lowest BCUT2D eigenvalue weighted by molar-refractivity contribution is -0.0165.